The van der Waals surface area contributed by atoms with E-state index >= 15 is 0 Å². The molecule has 0 saturated heterocycles. The molecule has 0 unspecified atom stereocenters. The van der Waals surface area contributed by atoms with Crippen molar-refractivity contribution >= 4 is 23.3 Å². The van der Waals surface area contributed by atoms with Crippen molar-refractivity contribution < 1.29 is 19.1 Å². The molecule has 0 aliphatic carbocycles. The molecule has 1 amide bonds. The molecular weight excluding hydrogens is 402 g/mol. The number of aryl methyl sites for hydroxylation is 2. The molecule has 0 saturated carbocycles. The number of carbonyl (C=O) groups excluding carboxylic acids is 3. The molecule has 0 atom stereocenters. The lowest BCUT2D eigenvalue weighted by Crippen LogP contribution is -2.23. The van der Waals surface area contributed by atoms with Crippen LogP contribution in [-0.4, -0.2) is 24.3 Å². The van der Waals surface area contributed by atoms with Crippen LogP contribution in [-0.2, 0) is 9.53 Å². The Balaban J connectivity index is 1.72. The van der Waals surface area contributed by atoms with Crippen molar-refractivity contribution in [2.75, 3.05) is 11.9 Å². The first-order valence-electron chi connectivity index (χ1n) is 10.5. The van der Waals surface area contributed by atoms with Gasteiger partial charge >= 0.3 is 5.97 Å². The lowest BCUT2D eigenvalue weighted by atomic mass is 9.98. The Hall–Kier alpha value is -3.73. The number of hydrogen-bond donors (Lipinski definition) is 1. The Morgan fingerprint density at radius 1 is 0.844 bits per heavy atom. The third kappa shape index (κ3) is 5.30. The summed E-state index contributed by atoms with van der Waals surface area (Å²) in [6, 6.07) is 19.4. The maximum absolute atomic E-state index is 12.9. The Bertz CT molecular complexity index is 1150. The number of carbonyl (C=O) groups is 3. The van der Waals surface area contributed by atoms with Crippen molar-refractivity contribution in [3.63, 3.8) is 0 Å². The summed E-state index contributed by atoms with van der Waals surface area (Å²) < 4.78 is 5.24. The fourth-order valence-electron chi connectivity index (χ4n) is 3.45. The van der Waals surface area contributed by atoms with Crippen molar-refractivity contribution in [3.05, 3.63) is 100 Å². The van der Waals surface area contributed by atoms with E-state index in [0.717, 1.165) is 22.4 Å². The first kappa shape index (κ1) is 22.9. The molecule has 3 aromatic carbocycles. The Kier molecular flexibility index (Phi) is 7.21. The van der Waals surface area contributed by atoms with Gasteiger partial charge in [0.2, 0.25) is 0 Å². The van der Waals surface area contributed by atoms with Crippen LogP contribution in [0.4, 0.5) is 5.69 Å². The number of ketones is 1. The van der Waals surface area contributed by atoms with Crippen LogP contribution in [0.1, 0.15) is 62.7 Å². The van der Waals surface area contributed by atoms with Crippen molar-refractivity contribution in [2.24, 2.45) is 0 Å². The second kappa shape index (κ2) is 10.1. The van der Waals surface area contributed by atoms with Gasteiger partial charge in [-0.05, 0) is 37.0 Å². The molecule has 0 heterocycles. The normalized spacial score (nSPS) is 10.7. The fraction of sp³-hybridized carbons (Fsp3) is 0.222. The van der Waals surface area contributed by atoms with Crippen LogP contribution in [0.2, 0.25) is 0 Å². The van der Waals surface area contributed by atoms with Crippen molar-refractivity contribution in [2.45, 2.75) is 33.6 Å². The topological polar surface area (TPSA) is 72.5 Å². The summed E-state index contributed by atoms with van der Waals surface area (Å²) in [4.78, 5) is 38.1. The molecule has 164 valence electrons. The van der Waals surface area contributed by atoms with E-state index in [0.29, 0.717) is 5.56 Å². The van der Waals surface area contributed by atoms with Gasteiger partial charge in [0.1, 0.15) is 0 Å². The Morgan fingerprint density at radius 2 is 1.50 bits per heavy atom. The third-order valence-corrected chi connectivity index (χ3v) is 5.23. The first-order chi connectivity index (χ1) is 15.3. The summed E-state index contributed by atoms with van der Waals surface area (Å²) >= 11 is 0. The van der Waals surface area contributed by atoms with Gasteiger partial charge in [0.15, 0.2) is 12.4 Å². The number of anilines is 1. The number of amides is 1. The van der Waals surface area contributed by atoms with E-state index in [2.05, 4.69) is 5.32 Å². The number of hydrogen-bond acceptors (Lipinski definition) is 4. The van der Waals surface area contributed by atoms with Crippen LogP contribution in [0.15, 0.2) is 66.7 Å². The highest BCUT2D eigenvalue weighted by Gasteiger charge is 2.20. The lowest BCUT2D eigenvalue weighted by molar-refractivity contribution is -0.119. The van der Waals surface area contributed by atoms with Gasteiger partial charge < -0.3 is 10.1 Å². The Morgan fingerprint density at radius 3 is 2.16 bits per heavy atom. The molecular formula is C27H27NO4. The average molecular weight is 430 g/mol. The monoisotopic (exact) mass is 429 g/mol. The minimum Gasteiger partial charge on any atom is -0.452 e. The largest absolute Gasteiger partial charge is 0.452 e. The molecule has 32 heavy (non-hydrogen) atoms. The second-order valence-electron chi connectivity index (χ2n) is 8.06. The quantitative estimate of drug-likeness (QED) is 0.400. The molecule has 1 N–H and O–H groups in total. The predicted molar refractivity (Wildman–Crippen MR) is 125 cm³/mol. The Labute approximate surface area is 188 Å². The van der Waals surface area contributed by atoms with Crippen LogP contribution >= 0.6 is 0 Å². The summed E-state index contributed by atoms with van der Waals surface area (Å²) in [5.41, 5.74) is 4.57. The van der Waals surface area contributed by atoms with Crippen LogP contribution in [0.5, 0.6) is 0 Å². The fourth-order valence-corrected chi connectivity index (χ4v) is 3.45. The van der Waals surface area contributed by atoms with Gasteiger partial charge in [-0.15, -0.1) is 0 Å². The van der Waals surface area contributed by atoms with Crippen molar-refractivity contribution in [1.82, 2.24) is 0 Å². The van der Waals surface area contributed by atoms with Crippen LogP contribution in [0.3, 0.4) is 0 Å². The average Bonchev–Trinajstić information content (AvgIpc) is 2.78. The van der Waals surface area contributed by atoms with E-state index in [1.807, 2.05) is 58.0 Å². The van der Waals surface area contributed by atoms with Gasteiger partial charge in [0, 0.05) is 16.8 Å². The number of ether oxygens (including phenoxy) is 1. The summed E-state index contributed by atoms with van der Waals surface area (Å²) in [5, 5.41) is 2.85. The van der Waals surface area contributed by atoms with E-state index in [-0.39, 0.29) is 22.8 Å². The molecule has 0 radical (unpaired) electrons. The highest BCUT2D eigenvalue weighted by molar-refractivity contribution is 6.14. The van der Waals surface area contributed by atoms with E-state index in [1.165, 1.54) is 6.07 Å². The van der Waals surface area contributed by atoms with Crippen LogP contribution in [0.25, 0.3) is 0 Å². The second-order valence-corrected chi connectivity index (χ2v) is 8.06. The van der Waals surface area contributed by atoms with Crippen LogP contribution in [0, 0.1) is 13.8 Å². The summed E-state index contributed by atoms with van der Waals surface area (Å²) in [6.07, 6.45) is 0. The standard InChI is InChI=1S/C27H27NO4/c1-17(2)21-11-7-8-19(4)25(21)28-24(29)16-32-27(31)23-10-6-5-9-22(23)26(30)20-14-12-18(3)13-15-20/h5-15,17H,16H2,1-4H3,(H,28,29). The smallest absolute Gasteiger partial charge is 0.339 e. The van der Waals surface area contributed by atoms with Gasteiger partial charge in [-0.1, -0.05) is 80.1 Å². The predicted octanol–water partition coefficient (Wildman–Crippen LogP) is 5.45. The molecule has 3 rings (SSSR count). The molecule has 0 aromatic heterocycles. The number of benzene rings is 3. The molecule has 3 aromatic rings. The summed E-state index contributed by atoms with van der Waals surface area (Å²) in [5.74, 6) is -1.20. The van der Waals surface area contributed by atoms with Gasteiger partial charge in [0.25, 0.3) is 5.91 Å². The number of rotatable bonds is 7. The van der Waals surface area contributed by atoms with E-state index < -0.39 is 18.5 Å². The van der Waals surface area contributed by atoms with Gasteiger partial charge in [-0.25, -0.2) is 4.79 Å². The summed E-state index contributed by atoms with van der Waals surface area (Å²) in [6.45, 7) is 7.50. The molecule has 0 aliphatic heterocycles. The molecule has 0 aliphatic rings. The zero-order chi connectivity index (χ0) is 23.3. The lowest BCUT2D eigenvalue weighted by Gasteiger charge is -2.16. The summed E-state index contributed by atoms with van der Waals surface area (Å²) in [7, 11) is 0. The molecule has 0 spiro atoms. The number of para-hydroxylation sites is 1. The third-order valence-electron chi connectivity index (χ3n) is 5.23. The van der Waals surface area contributed by atoms with Gasteiger partial charge in [-0.2, -0.15) is 0 Å². The van der Waals surface area contributed by atoms with Crippen molar-refractivity contribution in [1.29, 1.82) is 0 Å². The minimum atomic E-state index is -0.718. The zero-order valence-electron chi connectivity index (χ0n) is 18.8. The SMILES string of the molecule is Cc1ccc(C(=O)c2ccccc2C(=O)OCC(=O)Nc2c(C)cccc2C(C)C)cc1. The minimum absolute atomic E-state index is 0.129. The molecule has 5 nitrogen and oxygen atoms in total. The van der Waals surface area contributed by atoms with Gasteiger partial charge in [0.05, 0.1) is 5.56 Å². The van der Waals surface area contributed by atoms with E-state index in [9.17, 15) is 14.4 Å². The van der Waals surface area contributed by atoms with Crippen molar-refractivity contribution in [3.8, 4) is 0 Å². The number of esters is 1. The maximum atomic E-state index is 12.9. The van der Waals surface area contributed by atoms with Crippen LogP contribution < -0.4 is 5.32 Å². The first-order valence-corrected chi connectivity index (χ1v) is 10.5. The zero-order valence-corrected chi connectivity index (χ0v) is 18.8. The van der Waals surface area contributed by atoms with Gasteiger partial charge in [-0.3, -0.25) is 9.59 Å². The molecule has 0 fully saturated rings. The van der Waals surface area contributed by atoms with E-state index in [4.69, 9.17) is 4.74 Å². The highest BCUT2D eigenvalue weighted by Crippen LogP contribution is 2.27. The maximum Gasteiger partial charge on any atom is 0.339 e. The molecule has 5 heteroatoms. The van der Waals surface area contributed by atoms with E-state index in [1.54, 1.807) is 30.3 Å². The number of nitrogens with one attached hydrogen (secondary N) is 1. The highest BCUT2D eigenvalue weighted by atomic mass is 16.5. The molecule has 0 bridgehead atoms.